The van der Waals surface area contributed by atoms with Gasteiger partial charge in [-0.15, -0.1) is 11.6 Å². The summed E-state index contributed by atoms with van der Waals surface area (Å²) in [6.07, 6.45) is 5.62. The van der Waals surface area contributed by atoms with E-state index in [1.54, 1.807) is 46.6 Å². The summed E-state index contributed by atoms with van der Waals surface area (Å²) in [5, 5.41) is 27.7. The van der Waals surface area contributed by atoms with Gasteiger partial charge >= 0.3 is 0 Å². The van der Waals surface area contributed by atoms with Gasteiger partial charge in [0, 0.05) is 77.5 Å². The number of nitrogens with zero attached hydrogens (tertiary/aromatic N) is 4. The first-order chi connectivity index (χ1) is 37.0. The predicted octanol–water partition coefficient (Wildman–Crippen LogP) is 14.9. The molecule has 0 saturated heterocycles. The highest BCUT2D eigenvalue weighted by atomic mass is 35.5. The first-order valence-corrected chi connectivity index (χ1v) is 25.0. The van der Waals surface area contributed by atoms with Crippen LogP contribution in [0.15, 0.2) is 134 Å². The molecule has 390 valence electrons. The van der Waals surface area contributed by atoms with Crippen LogP contribution in [-0.4, -0.2) is 63.4 Å². The van der Waals surface area contributed by atoms with E-state index in [9.17, 15) is 19.3 Å². The molecule has 17 heteroatoms. The second-order valence-corrected chi connectivity index (χ2v) is 17.9. The van der Waals surface area contributed by atoms with Crippen LogP contribution >= 0.6 is 11.6 Å². The van der Waals surface area contributed by atoms with Crippen molar-refractivity contribution in [3.05, 3.63) is 145 Å². The van der Waals surface area contributed by atoms with E-state index in [0.29, 0.717) is 147 Å². The summed E-state index contributed by atoms with van der Waals surface area (Å²) in [6, 6.07) is 41.2. The van der Waals surface area contributed by atoms with Crippen LogP contribution in [0.3, 0.4) is 0 Å². The SMILES string of the molecule is COc1cc2c(Nc3cccc(Oc4ccccc4OC)c3)c(C#N)cnc2cc1OCCCC1CCC(F)(F)C1.COc1cc2c(Nc3cccc(Oc4ccccc4OC)c3)c(C#N)cnc2cc1OCCCCl. The summed E-state index contributed by atoms with van der Waals surface area (Å²) < 4.78 is 72.8. The van der Waals surface area contributed by atoms with E-state index in [-0.39, 0.29) is 18.8 Å². The summed E-state index contributed by atoms with van der Waals surface area (Å²) in [5.74, 6) is 3.75. The minimum Gasteiger partial charge on any atom is -0.493 e. The molecule has 1 fully saturated rings. The van der Waals surface area contributed by atoms with Crippen molar-refractivity contribution < 1.29 is 46.7 Å². The number of alkyl halides is 3. The normalized spacial score (nSPS) is 13.3. The molecule has 0 radical (unpaired) electrons. The third-order valence-corrected chi connectivity index (χ3v) is 12.7. The fourth-order valence-electron chi connectivity index (χ4n) is 8.69. The van der Waals surface area contributed by atoms with E-state index in [0.717, 1.165) is 11.1 Å². The highest BCUT2D eigenvalue weighted by molar-refractivity contribution is 6.17. The second kappa shape index (κ2) is 25.5. The molecule has 1 saturated carbocycles. The Hall–Kier alpha value is -8.73. The Labute approximate surface area is 444 Å². The summed E-state index contributed by atoms with van der Waals surface area (Å²) in [4.78, 5) is 8.92. The molecule has 0 bridgehead atoms. The largest absolute Gasteiger partial charge is 0.493 e. The van der Waals surface area contributed by atoms with Crippen LogP contribution in [0.1, 0.15) is 49.7 Å². The molecule has 14 nitrogen and oxygen atoms in total. The number of benzene rings is 6. The third-order valence-electron chi connectivity index (χ3n) is 12.4. The van der Waals surface area contributed by atoms with Crippen molar-refractivity contribution in [2.45, 2.75) is 44.4 Å². The van der Waals surface area contributed by atoms with Gasteiger partial charge in [0.05, 0.1) is 75.2 Å². The van der Waals surface area contributed by atoms with Crippen LogP contribution in [0.2, 0.25) is 0 Å². The summed E-state index contributed by atoms with van der Waals surface area (Å²) in [6.45, 7) is 0.843. The van der Waals surface area contributed by atoms with Gasteiger partial charge in [-0.05, 0) is 92.3 Å². The third kappa shape index (κ3) is 13.3. The molecule has 1 atom stereocenters. The maximum absolute atomic E-state index is 13.5. The number of para-hydroxylation sites is 4. The van der Waals surface area contributed by atoms with E-state index in [4.69, 9.17) is 49.5 Å². The molecule has 1 unspecified atom stereocenters. The number of methoxy groups -OCH3 is 4. The van der Waals surface area contributed by atoms with E-state index in [1.165, 1.54) is 12.4 Å². The van der Waals surface area contributed by atoms with Crippen LogP contribution in [0, 0.1) is 28.6 Å². The van der Waals surface area contributed by atoms with Gasteiger partial charge in [0.1, 0.15) is 23.6 Å². The molecule has 8 aromatic rings. The lowest BCUT2D eigenvalue weighted by molar-refractivity contribution is 0.00449. The molecular weight excluding hydrogens is 994 g/mol. The van der Waals surface area contributed by atoms with Gasteiger partial charge in [0.25, 0.3) is 0 Å². The summed E-state index contributed by atoms with van der Waals surface area (Å²) in [7, 11) is 6.30. The number of rotatable bonds is 21. The number of fused-ring (bicyclic) bond motifs is 2. The Kier molecular flexibility index (Phi) is 18.0. The molecule has 2 aromatic heterocycles. The number of nitriles is 2. The fourth-order valence-corrected chi connectivity index (χ4v) is 8.80. The molecular formula is C59H55ClF2N6O8. The van der Waals surface area contributed by atoms with Gasteiger partial charge in [-0.2, -0.15) is 10.5 Å². The molecule has 1 aliphatic carbocycles. The number of pyridine rings is 2. The highest BCUT2D eigenvalue weighted by Crippen LogP contribution is 2.43. The van der Waals surface area contributed by atoms with Crippen molar-refractivity contribution in [1.82, 2.24) is 9.97 Å². The van der Waals surface area contributed by atoms with Gasteiger partial charge in [-0.3, -0.25) is 9.97 Å². The lowest BCUT2D eigenvalue weighted by Crippen LogP contribution is -2.10. The lowest BCUT2D eigenvalue weighted by atomic mass is 10.0. The first-order valence-electron chi connectivity index (χ1n) is 24.4. The molecule has 1 aliphatic rings. The van der Waals surface area contributed by atoms with Gasteiger partial charge in [-0.25, -0.2) is 8.78 Å². The zero-order chi connectivity index (χ0) is 53.4. The molecule has 0 aliphatic heterocycles. The molecule has 9 rings (SSSR count). The Balaban J connectivity index is 0.000000204. The Morgan fingerprint density at radius 3 is 1.46 bits per heavy atom. The number of aromatic nitrogens is 2. The number of hydrogen-bond donors (Lipinski definition) is 2. The average Bonchev–Trinajstić information content (AvgIpc) is 3.80. The smallest absolute Gasteiger partial charge is 0.248 e. The number of nitrogens with one attached hydrogen (secondary N) is 2. The molecule has 76 heavy (non-hydrogen) atoms. The zero-order valence-electron chi connectivity index (χ0n) is 42.3. The molecule has 2 N–H and O–H groups in total. The highest BCUT2D eigenvalue weighted by Gasteiger charge is 2.38. The quantitative estimate of drug-likeness (QED) is 0.0514. The van der Waals surface area contributed by atoms with Gasteiger partial charge < -0.3 is 48.5 Å². The van der Waals surface area contributed by atoms with Gasteiger partial charge in [0.15, 0.2) is 46.0 Å². The number of ether oxygens (including phenoxy) is 8. The van der Waals surface area contributed by atoms with Crippen LogP contribution in [0.25, 0.3) is 21.8 Å². The van der Waals surface area contributed by atoms with Gasteiger partial charge in [-0.1, -0.05) is 36.4 Å². The Morgan fingerprint density at radius 2 is 1.04 bits per heavy atom. The molecule has 0 amide bonds. The van der Waals surface area contributed by atoms with Crippen molar-refractivity contribution in [3.63, 3.8) is 0 Å². The minimum absolute atomic E-state index is 0.0250. The monoisotopic (exact) mass is 1050 g/mol. The van der Waals surface area contributed by atoms with E-state index < -0.39 is 5.92 Å². The fraction of sp³-hybridized carbons (Fsp3) is 0.254. The van der Waals surface area contributed by atoms with E-state index >= 15 is 0 Å². The minimum atomic E-state index is -2.53. The second-order valence-electron chi connectivity index (χ2n) is 17.5. The Bertz CT molecular complexity index is 3390. The number of anilines is 4. The standard InChI is InChI=1S/C32H31F2N3O4.C27H24ClN3O4/c1-38-27-10-3-4-11-28(27)41-24-9-5-8-23(15-24)37-31-22(19-35)20-36-26-17-30(29(39-2)16-25(26)31)40-14-6-7-21-12-13-32(33,34)18-21;1-32-23-9-3-4-10-24(23)35-20-8-5-7-19(13-20)31-27-18(16-29)17-30-22-15-26(34-12-6-11-28)25(33-2)14-21(22)27/h3-5,8-11,15-17,20-21H,6-7,12-14,18H2,1-2H3,(H,36,37);3-5,7-10,13-15,17H,6,11-12H2,1-2H3,(H,30,31). The van der Waals surface area contributed by atoms with E-state index in [2.05, 4.69) is 32.7 Å². The van der Waals surface area contributed by atoms with Crippen molar-refractivity contribution in [1.29, 1.82) is 10.5 Å². The maximum Gasteiger partial charge on any atom is 0.248 e. The average molecular weight is 1050 g/mol. The lowest BCUT2D eigenvalue weighted by Gasteiger charge is -2.16. The number of halogens is 3. The van der Waals surface area contributed by atoms with Crippen LogP contribution < -0.4 is 48.5 Å². The zero-order valence-corrected chi connectivity index (χ0v) is 43.1. The van der Waals surface area contributed by atoms with Crippen molar-refractivity contribution in [3.8, 4) is 69.6 Å². The predicted molar refractivity (Wildman–Crippen MR) is 289 cm³/mol. The molecule has 0 spiro atoms. The first kappa shape index (κ1) is 53.6. The number of hydrogen-bond acceptors (Lipinski definition) is 14. The van der Waals surface area contributed by atoms with Crippen LogP contribution in [0.5, 0.6) is 57.5 Å². The molecule has 2 heterocycles. The van der Waals surface area contributed by atoms with Gasteiger partial charge in [0.2, 0.25) is 5.92 Å². The topological polar surface area (TPSA) is 171 Å². The molecule has 6 aromatic carbocycles. The maximum atomic E-state index is 13.5. The van der Waals surface area contributed by atoms with Crippen molar-refractivity contribution >= 4 is 56.2 Å². The van der Waals surface area contributed by atoms with Crippen molar-refractivity contribution in [2.24, 2.45) is 5.92 Å². The summed E-state index contributed by atoms with van der Waals surface area (Å²) >= 11 is 5.76. The van der Waals surface area contributed by atoms with Crippen LogP contribution in [0.4, 0.5) is 31.5 Å². The Morgan fingerprint density at radius 1 is 0.579 bits per heavy atom. The van der Waals surface area contributed by atoms with Crippen molar-refractivity contribution in [2.75, 3.05) is 58.2 Å². The summed E-state index contributed by atoms with van der Waals surface area (Å²) in [5.41, 5.74) is 4.65. The van der Waals surface area contributed by atoms with Crippen LogP contribution in [-0.2, 0) is 0 Å². The van der Waals surface area contributed by atoms with E-state index in [1.807, 2.05) is 103 Å².